The Morgan fingerprint density at radius 3 is 2.24 bits per heavy atom. The molecular formula is C30H49NO3. The minimum Gasteiger partial charge on any atom is -0.411 e. The lowest BCUT2D eigenvalue weighted by atomic mass is 9.32. The zero-order valence-electron chi connectivity index (χ0n) is 22.4. The molecule has 0 bridgehead atoms. The predicted molar refractivity (Wildman–Crippen MR) is 137 cm³/mol. The molecule has 34 heavy (non-hydrogen) atoms. The molecule has 0 spiro atoms. The van der Waals surface area contributed by atoms with Crippen LogP contribution < -0.4 is 0 Å². The summed E-state index contributed by atoms with van der Waals surface area (Å²) >= 11 is 0. The van der Waals surface area contributed by atoms with Gasteiger partial charge in [0, 0.05) is 12.0 Å². The topological polar surface area (TPSA) is 73.1 Å². The van der Waals surface area contributed by atoms with Crippen LogP contribution in [0.3, 0.4) is 0 Å². The van der Waals surface area contributed by atoms with E-state index in [1.54, 1.807) is 0 Å². The maximum absolute atomic E-state index is 10.7. The van der Waals surface area contributed by atoms with E-state index in [0.29, 0.717) is 36.2 Å². The van der Waals surface area contributed by atoms with E-state index < -0.39 is 5.41 Å². The fraction of sp³-hybridized carbons (Fsp3) is 0.900. The van der Waals surface area contributed by atoms with Gasteiger partial charge < -0.3 is 15.4 Å². The Kier molecular flexibility index (Phi) is 5.70. The van der Waals surface area contributed by atoms with Crippen molar-refractivity contribution in [1.82, 2.24) is 0 Å². The highest BCUT2D eigenvalue weighted by molar-refractivity contribution is 5.91. The number of hydrogen-bond donors (Lipinski definition) is 3. The van der Waals surface area contributed by atoms with Gasteiger partial charge in [0.25, 0.3) is 0 Å². The van der Waals surface area contributed by atoms with Crippen LogP contribution in [0.2, 0.25) is 0 Å². The molecule has 4 heteroatoms. The molecule has 5 saturated carbocycles. The van der Waals surface area contributed by atoms with Gasteiger partial charge >= 0.3 is 0 Å². The van der Waals surface area contributed by atoms with E-state index in [-0.39, 0.29) is 28.3 Å². The van der Waals surface area contributed by atoms with Crippen LogP contribution in [-0.2, 0) is 0 Å². The smallest absolute Gasteiger partial charge is 0.0655 e. The second-order valence-corrected chi connectivity index (χ2v) is 14.3. The first-order valence-corrected chi connectivity index (χ1v) is 14.1. The Morgan fingerprint density at radius 1 is 0.882 bits per heavy atom. The van der Waals surface area contributed by atoms with Gasteiger partial charge in [-0.25, -0.2) is 0 Å². The summed E-state index contributed by atoms with van der Waals surface area (Å²) in [5.74, 6) is 2.76. The summed E-state index contributed by atoms with van der Waals surface area (Å²) < 4.78 is 0. The maximum Gasteiger partial charge on any atom is 0.0655 e. The number of nitrogens with zero attached hydrogens (tertiary/aromatic N) is 1. The van der Waals surface area contributed by atoms with E-state index in [0.717, 1.165) is 37.8 Å². The van der Waals surface area contributed by atoms with Crippen LogP contribution in [0.1, 0.15) is 98.8 Å². The molecule has 0 aromatic heterocycles. The molecule has 10 atom stereocenters. The monoisotopic (exact) mass is 471 g/mol. The van der Waals surface area contributed by atoms with Crippen LogP contribution in [0.4, 0.5) is 0 Å². The number of aliphatic hydroxyl groups excluding tert-OH is 2. The van der Waals surface area contributed by atoms with E-state index in [1.807, 2.05) is 0 Å². The Balaban J connectivity index is 1.55. The molecule has 5 fully saturated rings. The Bertz CT molecular complexity index is 884. The average Bonchev–Trinajstić information content (AvgIpc) is 3.20. The van der Waals surface area contributed by atoms with Crippen LogP contribution in [0.15, 0.2) is 17.3 Å². The van der Waals surface area contributed by atoms with Crippen molar-refractivity contribution in [2.75, 3.05) is 13.2 Å². The number of fused-ring (bicyclic) bond motifs is 7. The van der Waals surface area contributed by atoms with Crippen molar-refractivity contribution in [3.8, 4) is 0 Å². The summed E-state index contributed by atoms with van der Waals surface area (Å²) in [6.07, 6.45) is 11.4. The van der Waals surface area contributed by atoms with Gasteiger partial charge in [0.15, 0.2) is 0 Å². The molecule has 0 amide bonds. The summed E-state index contributed by atoms with van der Waals surface area (Å²) in [6.45, 7) is 17.0. The van der Waals surface area contributed by atoms with E-state index in [1.165, 1.54) is 37.7 Å². The highest BCUT2D eigenvalue weighted by Gasteiger charge is 2.71. The number of hydrogen-bond acceptors (Lipinski definition) is 4. The van der Waals surface area contributed by atoms with Crippen molar-refractivity contribution < 1.29 is 15.4 Å². The average molecular weight is 472 g/mol. The molecule has 192 valence electrons. The third-order valence-electron chi connectivity index (χ3n) is 13.6. The summed E-state index contributed by atoms with van der Waals surface area (Å²) in [6, 6.07) is 0. The first-order valence-electron chi connectivity index (χ1n) is 14.1. The molecule has 3 N–H and O–H groups in total. The standard InChI is InChI=1S/C30H49NO3/c1-19(2)20-9-14-30(18-33)16-15-28(5)21(25(20)30)7-8-23-26(3)12-11-24(31-34)27(4,17-32)22(26)10-13-29(23,28)6/h20-23,25,32-34H,1,7-18H2,2-6H3/b31-24+/t20-,21+,22+,23+,25+,26-,27-,28+,29+,30+/m0/s1. The van der Waals surface area contributed by atoms with E-state index >= 15 is 0 Å². The molecule has 5 aliphatic rings. The Morgan fingerprint density at radius 2 is 1.62 bits per heavy atom. The lowest BCUT2D eigenvalue weighted by Crippen LogP contribution is -2.67. The van der Waals surface area contributed by atoms with Crippen LogP contribution in [0, 0.1) is 56.7 Å². The molecule has 0 aromatic rings. The minimum atomic E-state index is -0.421. The molecule has 0 unspecified atom stereocenters. The van der Waals surface area contributed by atoms with Gasteiger partial charge in [0.05, 0.1) is 12.3 Å². The van der Waals surface area contributed by atoms with Gasteiger partial charge in [0.1, 0.15) is 0 Å². The molecule has 0 heterocycles. The van der Waals surface area contributed by atoms with Crippen molar-refractivity contribution in [3.05, 3.63) is 12.2 Å². The molecule has 0 aromatic carbocycles. The fourth-order valence-electron chi connectivity index (χ4n) is 11.6. The number of rotatable bonds is 3. The fourth-order valence-corrected chi connectivity index (χ4v) is 11.6. The molecular weight excluding hydrogens is 422 g/mol. The van der Waals surface area contributed by atoms with Crippen LogP contribution in [0.25, 0.3) is 0 Å². The van der Waals surface area contributed by atoms with Gasteiger partial charge in [-0.05, 0) is 122 Å². The molecule has 0 radical (unpaired) electrons. The second-order valence-electron chi connectivity index (χ2n) is 14.3. The number of allylic oxidation sites excluding steroid dienone is 1. The maximum atomic E-state index is 10.7. The van der Waals surface area contributed by atoms with Crippen molar-refractivity contribution in [1.29, 1.82) is 0 Å². The van der Waals surface area contributed by atoms with Crippen LogP contribution >= 0.6 is 0 Å². The van der Waals surface area contributed by atoms with Crippen molar-refractivity contribution in [3.63, 3.8) is 0 Å². The van der Waals surface area contributed by atoms with Crippen LogP contribution in [-0.4, -0.2) is 34.3 Å². The second kappa shape index (κ2) is 7.81. The Labute approximate surface area is 207 Å². The number of oxime groups is 1. The third-order valence-corrected chi connectivity index (χ3v) is 13.6. The Hall–Kier alpha value is -0.870. The predicted octanol–water partition coefficient (Wildman–Crippen LogP) is 6.44. The van der Waals surface area contributed by atoms with Gasteiger partial charge in [-0.1, -0.05) is 45.0 Å². The molecule has 4 nitrogen and oxygen atoms in total. The van der Waals surface area contributed by atoms with E-state index in [2.05, 4.69) is 46.4 Å². The van der Waals surface area contributed by atoms with Crippen molar-refractivity contribution >= 4 is 5.71 Å². The lowest BCUT2D eigenvalue weighted by Gasteiger charge is -2.72. The first kappa shape index (κ1) is 24.8. The zero-order chi connectivity index (χ0) is 24.7. The van der Waals surface area contributed by atoms with Gasteiger partial charge in [-0.3, -0.25) is 0 Å². The highest BCUT2D eigenvalue weighted by Crippen LogP contribution is 2.77. The van der Waals surface area contributed by atoms with E-state index in [9.17, 15) is 15.4 Å². The first-order chi connectivity index (χ1) is 16.0. The molecule has 0 saturated heterocycles. The molecule has 5 rings (SSSR count). The lowest BCUT2D eigenvalue weighted by molar-refractivity contribution is -0.233. The van der Waals surface area contributed by atoms with Crippen LogP contribution in [0.5, 0.6) is 0 Å². The quantitative estimate of drug-likeness (QED) is 0.252. The van der Waals surface area contributed by atoms with Gasteiger partial charge in [0.2, 0.25) is 0 Å². The SMILES string of the molecule is C=C(C)[C@@H]1CC[C@]2(CO)CC[C@]3(C)[C@H](CC[C@@H]4[C@@]5(C)CC/C(=N\O)[C@@](C)(CO)[C@@H]5CC[C@]43C)[C@@H]12. The summed E-state index contributed by atoms with van der Waals surface area (Å²) in [7, 11) is 0. The van der Waals surface area contributed by atoms with Crippen molar-refractivity contribution in [2.24, 2.45) is 61.8 Å². The van der Waals surface area contributed by atoms with Crippen molar-refractivity contribution in [2.45, 2.75) is 98.8 Å². The molecule has 5 aliphatic carbocycles. The summed E-state index contributed by atoms with van der Waals surface area (Å²) in [5, 5.41) is 34.6. The zero-order valence-corrected chi connectivity index (χ0v) is 22.4. The van der Waals surface area contributed by atoms with Gasteiger partial charge in [-0.2, -0.15) is 0 Å². The normalized spacial score (nSPS) is 55.7. The molecule has 0 aliphatic heterocycles. The third kappa shape index (κ3) is 2.82. The number of aliphatic hydroxyl groups is 2. The highest BCUT2D eigenvalue weighted by atomic mass is 16.4. The minimum absolute atomic E-state index is 0.0668. The summed E-state index contributed by atoms with van der Waals surface area (Å²) in [4.78, 5) is 0. The van der Waals surface area contributed by atoms with E-state index in [4.69, 9.17) is 0 Å². The largest absolute Gasteiger partial charge is 0.411 e. The van der Waals surface area contributed by atoms with Gasteiger partial charge in [-0.15, -0.1) is 0 Å². The summed E-state index contributed by atoms with van der Waals surface area (Å²) in [5.41, 5.74) is 2.50.